The number of hydrogen-bond acceptors (Lipinski definition) is 2. The summed E-state index contributed by atoms with van der Waals surface area (Å²) in [5, 5.41) is 0. The van der Waals surface area contributed by atoms with Crippen molar-refractivity contribution in [3.63, 3.8) is 0 Å². The molecule has 0 aliphatic carbocycles. The van der Waals surface area contributed by atoms with Crippen LogP contribution in [0, 0.1) is 5.82 Å². The Morgan fingerprint density at radius 1 is 1.11 bits per heavy atom. The highest BCUT2D eigenvalue weighted by atomic mass is 19.1. The first kappa shape index (κ1) is 18.2. The van der Waals surface area contributed by atoms with Crippen LogP contribution in [0.25, 0.3) is 0 Å². The maximum atomic E-state index is 13.4. The summed E-state index contributed by atoms with van der Waals surface area (Å²) >= 11 is 0. The fourth-order valence-electron chi connectivity index (χ4n) is 4.87. The second-order valence-corrected chi connectivity index (χ2v) is 7.87. The van der Waals surface area contributed by atoms with Crippen LogP contribution >= 0.6 is 0 Å². The van der Waals surface area contributed by atoms with Crippen molar-refractivity contribution in [1.82, 2.24) is 9.80 Å². The molecule has 142 valence electrons. The van der Waals surface area contributed by atoms with E-state index in [1.54, 1.807) is 0 Å². The fraction of sp³-hybridized carbons (Fsp3) is 0.435. The molecule has 3 nitrogen and oxygen atoms in total. The molecular weight excluding hydrogens is 339 g/mol. The van der Waals surface area contributed by atoms with Gasteiger partial charge in [0.25, 0.3) is 0 Å². The van der Waals surface area contributed by atoms with Gasteiger partial charge in [0.15, 0.2) is 0 Å². The van der Waals surface area contributed by atoms with Gasteiger partial charge in [-0.3, -0.25) is 4.79 Å². The van der Waals surface area contributed by atoms with Crippen molar-refractivity contribution in [3.8, 4) is 0 Å². The number of nitrogens with zero attached hydrogens (tertiary/aromatic N) is 2. The molecule has 1 amide bonds. The van der Waals surface area contributed by atoms with Crippen LogP contribution in [0.1, 0.15) is 36.3 Å². The SMILES string of the molecule is CN1CCC[C@@H]2[C@H]1[C@@H](c1ccc(F)cc1)CN2C(=O)CCc1ccccc1. The van der Waals surface area contributed by atoms with E-state index in [2.05, 4.69) is 29.0 Å². The molecule has 0 aromatic heterocycles. The molecule has 2 heterocycles. The number of halogens is 1. The average molecular weight is 366 g/mol. The second-order valence-electron chi connectivity index (χ2n) is 7.87. The van der Waals surface area contributed by atoms with Crippen molar-refractivity contribution in [2.24, 2.45) is 0 Å². The zero-order chi connectivity index (χ0) is 18.8. The van der Waals surface area contributed by atoms with Crippen LogP contribution in [0.5, 0.6) is 0 Å². The number of carbonyl (C=O) groups is 1. The third-order valence-corrected chi connectivity index (χ3v) is 6.21. The van der Waals surface area contributed by atoms with Crippen LogP contribution < -0.4 is 0 Å². The van der Waals surface area contributed by atoms with Gasteiger partial charge in [-0.25, -0.2) is 4.39 Å². The first-order valence-electron chi connectivity index (χ1n) is 9.92. The van der Waals surface area contributed by atoms with Crippen molar-refractivity contribution in [2.45, 2.75) is 43.7 Å². The molecule has 2 aromatic carbocycles. The predicted octanol–water partition coefficient (Wildman–Crippen LogP) is 3.85. The molecule has 4 rings (SSSR count). The van der Waals surface area contributed by atoms with Crippen molar-refractivity contribution < 1.29 is 9.18 Å². The zero-order valence-electron chi connectivity index (χ0n) is 15.9. The maximum absolute atomic E-state index is 13.4. The number of piperidine rings is 1. The molecule has 2 saturated heterocycles. The Kier molecular flexibility index (Phi) is 5.26. The van der Waals surface area contributed by atoms with Gasteiger partial charge < -0.3 is 9.80 Å². The zero-order valence-corrected chi connectivity index (χ0v) is 15.9. The number of fused-ring (bicyclic) bond motifs is 1. The van der Waals surface area contributed by atoms with Crippen molar-refractivity contribution in [3.05, 3.63) is 71.5 Å². The molecule has 0 N–H and O–H groups in total. The highest BCUT2D eigenvalue weighted by Crippen LogP contribution is 2.39. The van der Waals surface area contributed by atoms with Crippen LogP contribution in [0.15, 0.2) is 54.6 Å². The molecule has 0 bridgehead atoms. The minimum atomic E-state index is -0.207. The van der Waals surface area contributed by atoms with Gasteiger partial charge in [0.1, 0.15) is 5.82 Å². The number of rotatable bonds is 4. The molecular formula is C23H27FN2O. The Labute approximate surface area is 160 Å². The number of likely N-dealkylation sites (tertiary alicyclic amines) is 2. The summed E-state index contributed by atoms with van der Waals surface area (Å²) in [6.45, 7) is 1.80. The van der Waals surface area contributed by atoms with Gasteiger partial charge in [0.2, 0.25) is 5.91 Å². The molecule has 27 heavy (non-hydrogen) atoms. The molecule has 0 unspecified atom stereocenters. The predicted molar refractivity (Wildman–Crippen MR) is 105 cm³/mol. The third-order valence-electron chi connectivity index (χ3n) is 6.21. The Morgan fingerprint density at radius 2 is 1.85 bits per heavy atom. The lowest BCUT2D eigenvalue weighted by molar-refractivity contribution is -0.133. The van der Waals surface area contributed by atoms with E-state index in [1.807, 2.05) is 30.3 Å². The number of amides is 1. The van der Waals surface area contributed by atoms with Gasteiger partial charge in [0, 0.05) is 31.0 Å². The Balaban J connectivity index is 1.52. The van der Waals surface area contributed by atoms with E-state index >= 15 is 0 Å². The first-order chi connectivity index (χ1) is 13.1. The average Bonchev–Trinajstić information content (AvgIpc) is 3.09. The standard InChI is InChI=1S/C23H27FN2O/c1-25-15-5-8-21-23(25)20(18-10-12-19(24)13-11-18)16-26(21)22(27)14-9-17-6-3-2-4-7-17/h2-4,6-7,10-13,20-21,23H,5,8-9,14-16H2,1H3/t20-,21-,23-/m1/s1. The van der Waals surface area contributed by atoms with Gasteiger partial charge >= 0.3 is 0 Å². The van der Waals surface area contributed by atoms with E-state index in [1.165, 1.54) is 17.7 Å². The highest BCUT2D eigenvalue weighted by Gasteiger charge is 2.47. The van der Waals surface area contributed by atoms with Crippen molar-refractivity contribution in [1.29, 1.82) is 0 Å². The number of benzene rings is 2. The quantitative estimate of drug-likeness (QED) is 0.821. The van der Waals surface area contributed by atoms with E-state index in [9.17, 15) is 9.18 Å². The summed E-state index contributed by atoms with van der Waals surface area (Å²) in [4.78, 5) is 17.6. The Hall–Kier alpha value is -2.20. The van der Waals surface area contributed by atoms with Gasteiger partial charge in [-0.2, -0.15) is 0 Å². The van der Waals surface area contributed by atoms with E-state index < -0.39 is 0 Å². The Bertz CT molecular complexity index is 777. The summed E-state index contributed by atoms with van der Waals surface area (Å²) in [7, 11) is 2.16. The summed E-state index contributed by atoms with van der Waals surface area (Å²) in [6, 6.07) is 17.6. The van der Waals surface area contributed by atoms with Crippen LogP contribution in [0.4, 0.5) is 4.39 Å². The van der Waals surface area contributed by atoms with E-state index in [0.29, 0.717) is 12.5 Å². The normalized spacial score (nSPS) is 25.4. The van der Waals surface area contributed by atoms with Gasteiger partial charge in [-0.15, -0.1) is 0 Å². The molecule has 0 spiro atoms. The number of aryl methyl sites for hydroxylation is 1. The van der Waals surface area contributed by atoms with Gasteiger partial charge in [-0.05, 0) is 56.1 Å². The maximum Gasteiger partial charge on any atom is 0.223 e. The fourth-order valence-corrected chi connectivity index (χ4v) is 4.87. The monoisotopic (exact) mass is 366 g/mol. The molecule has 2 aliphatic rings. The van der Waals surface area contributed by atoms with E-state index in [4.69, 9.17) is 0 Å². The molecule has 4 heteroatoms. The van der Waals surface area contributed by atoms with Crippen molar-refractivity contribution >= 4 is 5.91 Å². The lowest BCUT2D eigenvalue weighted by Crippen LogP contribution is -2.50. The molecule has 3 atom stereocenters. The lowest BCUT2D eigenvalue weighted by Gasteiger charge is -2.39. The molecule has 0 saturated carbocycles. The largest absolute Gasteiger partial charge is 0.337 e. The van der Waals surface area contributed by atoms with Crippen LogP contribution in [0.3, 0.4) is 0 Å². The van der Waals surface area contributed by atoms with Crippen LogP contribution in [-0.2, 0) is 11.2 Å². The molecule has 2 fully saturated rings. The number of carbonyl (C=O) groups excluding carboxylic acids is 1. The second kappa shape index (κ2) is 7.81. The van der Waals surface area contributed by atoms with Crippen LogP contribution in [-0.4, -0.2) is 47.9 Å². The topological polar surface area (TPSA) is 23.6 Å². The summed E-state index contributed by atoms with van der Waals surface area (Å²) in [5.74, 6) is 0.288. The molecule has 2 aromatic rings. The third kappa shape index (κ3) is 3.77. The summed E-state index contributed by atoms with van der Waals surface area (Å²) in [5.41, 5.74) is 2.34. The van der Waals surface area contributed by atoms with Gasteiger partial charge in [0.05, 0.1) is 0 Å². The molecule has 0 radical (unpaired) electrons. The summed E-state index contributed by atoms with van der Waals surface area (Å²) < 4.78 is 13.4. The number of hydrogen-bond donors (Lipinski definition) is 0. The van der Waals surface area contributed by atoms with Crippen LogP contribution in [0.2, 0.25) is 0 Å². The summed E-state index contributed by atoms with van der Waals surface area (Å²) in [6.07, 6.45) is 3.51. The van der Waals surface area contributed by atoms with Gasteiger partial charge in [-0.1, -0.05) is 42.5 Å². The van der Waals surface area contributed by atoms with Crippen molar-refractivity contribution in [2.75, 3.05) is 20.1 Å². The van der Waals surface area contributed by atoms with E-state index in [0.717, 1.165) is 37.9 Å². The highest BCUT2D eigenvalue weighted by molar-refractivity contribution is 5.77. The minimum absolute atomic E-state index is 0.207. The number of likely N-dealkylation sites (N-methyl/N-ethyl adjacent to an activating group) is 1. The molecule has 2 aliphatic heterocycles. The smallest absolute Gasteiger partial charge is 0.223 e. The lowest BCUT2D eigenvalue weighted by atomic mass is 9.86. The van der Waals surface area contributed by atoms with E-state index in [-0.39, 0.29) is 23.7 Å². The Morgan fingerprint density at radius 3 is 2.59 bits per heavy atom. The minimum Gasteiger partial charge on any atom is -0.337 e. The first-order valence-corrected chi connectivity index (χ1v) is 9.92.